The third kappa shape index (κ3) is 3.46. The highest BCUT2D eigenvalue weighted by molar-refractivity contribution is 5.99. The molecule has 0 spiro atoms. The fourth-order valence-corrected chi connectivity index (χ4v) is 6.08. The van der Waals surface area contributed by atoms with Crippen LogP contribution in [0.1, 0.15) is 82.0 Å². The molecule has 1 aliphatic heterocycles. The second-order valence-corrected chi connectivity index (χ2v) is 10.1. The third-order valence-electron chi connectivity index (χ3n) is 8.03. The van der Waals surface area contributed by atoms with Gasteiger partial charge in [0, 0.05) is 41.4 Å². The lowest BCUT2D eigenvalue weighted by molar-refractivity contribution is 0.309. The van der Waals surface area contributed by atoms with E-state index in [4.69, 9.17) is 4.98 Å². The lowest BCUT2D eigenvalue weighted by Gasteiger charge is -2.24. The lowest BCUT2D eigenvalue weighted by atomic mass is 9.79. The van der Waals surface area contributed by atoms with Crippen LogP contribution in [0, 0.1) is 17.7 Å². The van der Waals surface area contributed by atoms with Crippen LogP contribution in [0.5, 0.6) is 0 Å². The number of hydrogen-bond donors (Lipinski definition) is 1. The monoisotopic (exact) mass is 430 g/mol. The summed E-state index contributed by atoms with van der Waals surface area (Å²) in [6.45, 7) is 2.08. The molecule has 2 saturated carbocycles. The Kier molecular flexibility index (Phi) is 5.08. The lowest BCUT2D eigenvalue weighted by Crippen LogP contribution is -2.17. The summed E-state index contributed by atoms with van der Waals surface area (Å²) in [5, 5.41) is 0.961. The predicted molar refractivity (Wildman–Crippen MR) is 127 cm³/mol. The van der Waals surface area contributed by atoms with E-state index in [-0.39, 0.29) is 11.7 Å². The largest absolute Gasteiger partial charge is 0.345 e. The van der Waals surface area contributed by atoms with Gasteiger partial charge in [-0.3, -0.25) is 4.99 Å². The SMILES string of the molecule is CC1=Nc2c(F)cc(-c3c[nH]c4nc(CC5CCC5)ncc34)cc2C1C1CCCCCC1. The summed E-state index contributed by atoms with van der Waals surface area (Å²) < 4.78 is 15.2. The Morgan fingerprint density at radius 1 is 1.03 bits per heavy atom. The van der Waals surface area contributed by atoms with Crippen molar-refractivity contribution in [2.24, 2.45) is 16.8 Å². The van der Waals surface area contributed by atoms with Gasteiger partial charge in [0.2, 0.25) is 0 Å². The minimum Gasteiger partial charge on any atom is -0.345 e. The Morgan fingerprint density at radius 3 is 2.59 bits per heavy atom. The maximum absolute atomic E-state index is 15.2. The molecule has 1 N–H and O–H groups in total. The van der Waals surface area contributed by atoms with Crippen LogP contribution in [0.2, 0.25) is 0 Å². The van der Waals surface area contributed by atoms with Crippen molar-refractivity contribution in [2.75, 3.05) is 0 Å². The predicted octanol–water partition coefficient (Wildman–Crippen LogP) is 7.27. The molecular formula is C27H31FN4. The summed E-state index contributed by atoms with van der Waals surface area (Å²) in [5.41, 5.74) is 5.41. The van der Waals surface area contributed by atoms with Crippen molar-refractivity contribution in [1.82, 2.24) is 15.0 Å². The maximum atomic E-state index is 15.2. The Hall–Kier alpha value is -2.56. The first-order valence-electron chi connectivity index (χ1n) is 12.4. The number of H-pyrrole nitrogens is 1. The van der Waals surface area contributed by atoms with Crippen molar-refractivity contribution in [1.29, 1.82) is 0 Å². The molecule has 3 heterocycles. The van der Waals surface area contributed by atoms with Gasteiger partial charge in [-0.2, -0.15) is 0 Å². The molecule has 166 valence electrons. The highest BCUT2D eigenvalue weighted by Crippen LogP contribution is 2.47. The maximum Gasteiger partial charge on any atom is 0.149 e. The number of halogens is 1. The third-order valence-corrected chi connectivity index (χ3v) is 8.03. The molecule has 32 heavy (non-hydrogen) atoms. The van der Waals surface area contributed by atoms with Crippen LogP contribution in [-0.2, 0) is 6.42 Å². The first-order valence-corrected chi connectivity index (χ1v) is 12.4. The van der Waals surface area contributed by atoms with E-state index in [0.29, 0.717) is 11.6 Å². The van der Waals surface area contributed by atoms with Crippen molar-refractivity contribution in [2.45, 2.75) is 77.0 Å². The zero-order chi connectivity index (χ0) is 21.7. The molecule has 0 saturated heterocycles. The van der Waals surface area contributed by atoms with Crippen LogP contribution < -0.4 is 0 Å². The highest BCUT2D eigenvalue weighted by Gasteiger charge is 2.34. The van der Waals surface area contributed by atoms with E-state index in [1.807, 2.05) is 12.4 Å². The molecule has 1 unspecified atom stereocenters. The molecule has 3 aromatic rings. The topological polar surface area (TPSA) is 53.9 Å². The first-order chi connectivity index (χ1) is 15.7. The standard InChI is InChI=1S/C27H31FN4/c1-16-25(18-9-4-2-3-5-10-18)20-12-19(13-23(28)26(20)31-16)21-14-30-27-22(21)15-29-24(32-27)11-17-7-6-8-17/h12-15,17-18,25H,2-11H2,1H3,(H,29,30,32). The van der Waals surface area contributed by atoms with Gasteiger partial charge in [0.25, 0.3) is 0 Å². The van der Waals surface area contributed by atoms with Gasteiger partial charge in [0.15, 0.2) is 0 Å². The van der Waals surface area contributed by atoms with Crippen molar-refractivity contribution in [3.05, 3.63) is 41.7 Å². The number of fused-ring (bicyclic) bond motifs is 2. The van der Waals surface area contributed by atoms with E-state index in [9.17, 15) is 0 Å². The van der Waals surface area contributed by atoms with Crippen LogP contribution in [0.25, 0.3) is 22.2 Å². The van der Waals surface area contributed by atoms with Crippen molar-refractivity contribution >= 4 is 22.4 Å². The van der Waals surface area contributed by atoms with Crippen LogP contribution in [0.4, 0.5) is 10.1 Å². The number of rotatable bonds is 4. The van der Waals surface area contributed by atoms with Gasteiger partial charge in [0.05, 0.1) is 0 Å². The van der Waals surface area contributed by atoms with Crippen LogP contribution in [0.15, 0.2) is 29.5 Å². The van der Waals surface area contributed by atoms with Gasteiger partial charge in [0.1, 0.15) is 23.0 Å². The van der Waals surface area contributed by atoms with E-state index in [1.54, 1.807) is 6.07 Å². The van der Waals surface area contributed by atoms with Gasteiger partial charge in [-0.1, -0.05) is 44.9 Å². The summed E-state index contributed by atoms with van der Waals surface area (Å²) in [4.78, 5) is 17.4. The molecule has 3 aliphatic rings. The Bertz CT molecular complexity index is 1180. The van der Waals surface area contributed by atoms with E-state index in [0.717, 1.165) is 51.6 Å². The minimum atomic E-state index is -0.218. The number of nitrogens with zero attached hydrogens (tertiary/aromatic N) is 3. The number of nitrogens with one attached hydrogen (secondary N) is 1. The zero-order valence-corrected chi connectivity index (χ0v) is 18.8. The Morgan fingerprint density at radius 2 is 1.84 bits per heavy atom. The van der Waals surface area contributed by atoms with E-state index in [1.165, 1.54) is 57.8 Å². The second-order valence-electron chi connectivity index (χ2n) is 10.1. The molecule has 2 aromatic heterocycles. The number of aliphatic imine (C=N–C) groups is 1. The fraction of sp³-hybridized carbons (Fsp3) is 0.519. The highest BCUT2D eigenvalue weighted by atomic mass is 19.1. The average Bonchev–Trinajstić information content (AvgIpc) is 3.21. The molecule has 1 aromatic carbocycles. The molecule has 5 heteroatoms. The summed E-state index contributed by atoms with van der Waals surface area (Å²) in [5.74, 6) is 2.24. The molecule has 4 nitrogen and oxygen atoms in total. The smallest absolute Gasteiger partial charge is 0.149 e. The van der Waals surface area contributed by atoms with E-state index >= 15 is 4.39 Å². The van der Waals surface area contributed by atoms with Crippen molar-refractivity contribution in [3.8, 4) is 11.1 Å². The molecule has 6 rings (SSSR count). The average molecular weight is 431 g/mol. The normalized spacial score (nSPS) is 21.9. The molecule has 2 aliphatic carbocycles. The van der Waals surface area contributed by atoms with Gasteiger partial charge >= 0.3 is 0 Å². The zero-order valence-electron chi connectivity index (χ0n) is 18.8. The quantitative estimate of drug-likeness (QED) is 0.443. The number of hydrogen-bond acceptors (Lipinski definition) is 3. The van der Waals surface area contributed by atoms with E-state index < -0.39 is 0 Å². The number of benzene rings is 1. The van der Waals surface area contributed by atoms with Gasteiger partial charge in [-0.15, -0.1) is 0 Å². The van der Waals surface area contributed by atoms with Gasteiger partial charge < -0.3 is 4.98 Å². The number of aromatic amines is 1. The number of aromatic nitrogens is 3. The van der Waals surface area contributed by atoms with Crippen LogP contribution >= 0.6 is 0 Å². The van der Waals surface area contributed by atoms with Gasteiger partial charge in [-0.25, -0.2) is 14.4 Å². The van der Waals surface area contributed by atoms with Crippen molar-refractivity contribution < 1.29 is 4.39 Å². The molecule has 0 radical (unpaired) electrons. The fourth-order valence-electron chi connectivity index (χ4n) is 6.08. The Balaban J connectivity index is 1.36. The molecule has 0 amide bonds. The summed E-state index contributed by atoms with van der Waals surface area (Å²) in [6, 6.07) is 3.81. The Labute approximate surface area is 188 Å². The minimum absolute atomic E-state index is 0.218. The molecule has 1 atom stereocenters. The summed E-state index contributed by atoms with van der Waals surface area (Å²) in [7, 11) is 0. The van der Waals surface area contributed by atoms with Crippen molar-refractivity contribution in [3.63, 3.8) is 0 Å². The summed E-state index contributed by atoms with van der Waals surface area (Å²) >= 11 is 0. The summed E-state index contributed by atoms with van der Waals surface area (Å²) in [6.07, 6.45) is 16.3. The first kappa shape index (κ1) is 20.1. The second kappa shape index (κ2) is 8.09. The molecular weight excluding hydrogens is 399 g/mol. The molecule has 0 bridgehead atoms. The van der Waals surface area contributed by atoms with Crippen LogP contribution in [-0.4, -0.2) is 20.7 Å². The van der Waals surface area contributed by atoms with Gasteiger partial charge in [-0.05, 0) is 54.9 Å². The van der Waals surface area contributed by atoms with Crippen LogP contribution in [0.3, 0.4) is 0 Å². The molecule has 2 fully saturated rings. The van der Waals surface area contributed by atoms with E-state index in [2.05, 4.69) is 28.0 Å².